The fourth-order valence-corrected chi connectivity index (χ4v) is 3.01. The van der Waals surface area contributed by atoms with Gasteiger partial charge in [-0.3, -0.25) is 4.57 Å². The molecule has 2 amide bonds. The molecule has 2 aromatic heterocycles. The molecular formula is C17H23N5O. The van der Waals surface area contributed by atoms with E-state index >= 15 is 0 Å². The molecule has 122 valence electrons. The van der Waals surface area contributed by atoms with Crippen molar-refractivity contribution in [2.24, 2.45) is 0 Å². The minimum atomic E-state index is -0.00409. The average molecular weight is 313 g/mol. The van der Waals surface area contributed by atoms with E-state index in [-0.39, 0.29) is 6.03 Å². The summed E-state index contributed by atoms with van der Waals surface area (Å²) in [4.78, 5) is 22.5. The molecule has 0 saturated heterocycles. The van der Waals surface area contributed by atoms with Crippen molar-refractivity contribution < 1.29 is 4.79 Å². The summed E-state index contributed by atoms with van der Waals surface area (Å²) < 4.78 is 1.85. The van der Waals surface area contributed by atoms with E-state index in [1.165, 1.54) is 19.3 Å². The van der Waals surface area contributed by atoms with Gasteiger partial charge < -0.3 is 10.2 Å². The molecule has 0 unspecified atom stereocenters. The average Bonchev–Trinajstić information content (AvgIpc) is 3.15. The number of aromatic nitrogens is 3. The molecule has 0 aromatic carbocycles. The van der Waals surface area contributed by atoms with Gasteiger partial charge in [-0.15, -0.1) is 0 Å². The predicted molar refractivity (Wildman–Crippen MR) is 88.2 cm³/mol. The Kier molecular flexibility index (Phi) is 4.90. The second kappa shape index (κ2) is 7.26. The summed E-state index contributed by atoms with van der Waals surface area (Å²) in [5.74, 6) is 0.817. The molecule has 0 spiro atoms. The number of urea groups is 1. The van der Waals surface area contributed by atoms with Gasteiger partial charge in [0.15, 0.2) is 0 Å². The number of nitrogens with zero attached hydrogens (tertiary/aromatic N) is 4. The third-order valence-corrected chi connectivity index (χ3v) is 4.46. The molecule has 1 N–H and O–H groups in total. The standard InChI is InChI=1S/C17H23N5O/c1-21(15-5-3-2-4-6-15)17(23)20-12-14-7-8-16(19-11-14)22-10-9-18-13-22/h7-11,13,15H,2-6,12H2,1H3,(H,20,23). The fourth-order valence-electron chi connectivity index (χ4n) is 3.01. The van der Waals surface area contributed by atoms with Crippen molar-refractivity contribution in [1.82, 2.24) is 24.8 Å². The lowest BCUT2D eigenvalue weighted by molar-refractivity contribution is 0.173. The molecule has 1 fully saturated rings. The summed E-state index contributed by atoms with van der Waals surface area (Å²) in [6, 6.07) is 4.28. The van der Waals surface area contributed by atoms with Gasteiger partial charge in [-0.2, -0.15) is 0 Å². The summed E-state index contributed by atoms with van der Waals surface area (Å²) >= 11 is 0. The Hall–Kier alpha value is -2.37. The molecule has 0 atom stereocenters. The topological polar surface area (TPSA) is 63.1 Å². The highest BCUT2D eigenvalue weighted by Crippen LogP contribution is 2.21. The summed E-state index contributed by atoms with van der Waals surface area (Å²) in [5, 5.41) is 2.98. The zero-order chi connectivity index (χ0) is 16.1. The minimum absolute atomic E-state index is 0.00409. The molecular weight excluding hydrogens is 290 g/mol. The molecule has 1 aliphatic carbocycles. The van der Waals surface area contributed by atoms with Crippen molar-refractivity contribution in [3.8, 4) is 5.82 Å². The van der Waals surface area contributed by atoms with Crippen molar-refractivity contribution in [3.05, 3.63) is 42.6 Å². The second-order valence-corrected chi connectivity index (χ2v) is 6.06. The van der Waals surface area contributed by atoms with Crippen LogP contribution in [0.25, 0.3) is 5.82 Å². The molecule has 0 aliphatic heterocycles. The van der Waals surface area contributed by atoms with Crippen molar-refractivity contribution >= 4 is 6.03 Å². The molecule has 3 rings (SSSR count). The van der Waals surface area contributed by atoms with Gasteiger partial charge in [-0.25, -0.2) is 14.8 Å². The highest BCUT2D eigenvalue weighted by Gasteiger charge is 2.21. The molecule has 6 heteroatoms. The molecule has 1 aliphatic rings. The van der Waals surface area contributed by atoms with E-state index in [9.17, 15) is 4.79 Å². The first-order chi connectivity index (χ1) is 11.2. The smallest absolute Gasteiger partial charge is 0.317 e. The molecule has 23 heavy (non-hydrogen) atoms. The van der Waals surface area contributed by atoms with Gasteiger partial charge >= 0.3 is 6.03 Å². The number of amides is 2. The molecule has 2 aromatic rings. The Labute approximate surface area is 136 Å². The molecule has 6 nitrogen and oxygen atoms in total. The van der Waals surface area contributed by atoms with Crippen molar-refractivity contribution in [2.45, 2.75) is 44.7 Å². The lowest BCUT2D eigenvalue weighted by atomic mass is 9.95. The monoisotopic (exact) mass is 313 g/mol. The molecule has 1 saturated carbocycles. The highest BCUT2D eigenvalue weighted by molar-refractivity contribution is 5.74. The zero-order valence-corrected chi connectivity index (χ0v) is 13.5. The highest BCUT2D eigenvalue weighted by atomic mass is 16.2. The number of rotatable bonds is 4. The van der Waals surface area contributed by atoms with Crippen LogP contribution in [-0.4, -0.2) is 38.6 Å². The van der Waals surface area contributed by atoms with Crippen LogP contribution in [0, 0.1) is 0 Å². The maximum absolute atomic E-state index is 12.3. The zero-order valence-electron chi connectivity index (χ0n) is 13.5. The number of hydrogen-bond donors (Lipinski definition) is 1. The quantitative estimate of drug-likeness (QED) is 0.944. The van der Waals surface area contributed by atoms with Gasteiger partial charge in [0.2, 0.25) is 0 Å². The van der Waals surface area contributed by atoms with Crippen LogP contribution in [0.4, 0.5) is 4.79 Å². The summed E-state index contributed by atoms with van der Waals surface area (Å²) in [5.41, 5.74) is 0.985. The number of hydrogen-bond acceptors (Lipinski definition) is 3. The first-order valence-electron chi connectivity index (χ1n) is 8.18. The largest absolute Gasteiger partial charge is 0.334 e. The Morgan fingerprint density at radius 3 is 2.83 bits per heavy atom. The number of imidazole rings is 1. The maximum atomic E-state index is 12.3. The second-order valence-electron chi connectivity index (χ2n) is 6.06. The van der Waals surface area contributed by atoms with Crippen LogP contribution in [0.2, 0.25) is 0 Å². The summed E-state index contributed by atoms with van der Waals surface area (Å²) in [6.45, 7) is 0.493. The number of pyridine rings is 1. The van der Waals surface area contributed by atoms with Crippen LogP contribution in [0.3, 0.4) is 0 Å². The van der Waals surface area contributed by atoms with E-state index in [0.29, 0.717) is 12.6 Å². The Morgan fingerprint density at radius 1 is 1.35 bits per heavy atom. The van der Waals surface area contributed by atoms with E-state index in [2.05, 4.69) is 15.3 Å². The van der Waals surface area contributed by atoms with Crippen LogP contribution < -0.4 is 5.32 Å². The first kappa shape index (κ1) is 15.5. The Balaban J connectivity index is 1.52. The van der Waals surface area contributed by atoms with E-state index in [4.69, 9.17) is 0 Å². The molecule has 0 radical (unpaired) electrons. The number of nitrogens with one attached hydrogen (secondary N) is 1. The van der Waals surface area contributed by atoms with E-state index < -0.39 is 0 Å². The lowest BCUT2D eigenvalue weighted by Crippen LogP contribution is -2.44. The summed E-state index contributed by atoms with van der Waals surface area (Å²) in [6.07, 6.45) is 13.0. The van der Waals surface area contributed by atoms with Gasteiger partial charge in [-0.05, 0) is 24.5 Å². The van der Waals surface area contributed by atoms with Gasteiger partial charge in [-0.1, -0.05) is 25.3 Å². The Bertz CT molecular complexity index is 617. The van der Waals surface area contributed by atoms with Crippen LogP contribution in [0.1, 0.15) is 37.7 Å². The third kappa shape index (κ3) is 3.88. The van der Waals surface area contributed by atoms with Gasteiger partial charge in [0.25, 0.3) is 0 Å². The van der Waals surface area contributed by atoms with Crippen LogP contribution in [-0.2, 0) is 6.54 Å². The van der Waals surface area contributed by atoms with E-state index in [1.807, 2.05) is 34.8 Å². The lowest BCUT2D eigenvalue weighted by Gasteiger charge is -2.31. The fraction of sp³-hybridized carbons (Fsp3) is 0.471. The van der Waals surface area contributed by atoms with Crippen molar-refractivity contribution in [1.29, 1.82) is 0 Å². The van der Waals surface area contributed by atoms with Crippen molar-refractivity contribution in [3.63, 3.8) is 0 Å². The minimum Gasteiger partial charge on any atom is -0.334 e. The number of carbonyl (C=O) groups excluding carboxylic acids is 1. The van der Waals surface area contributed by atoms with Crippen molar-refractivity contribution in [2.75, 3.05) is 7.05 Å². The van der Waals surface area contributed by atoms with E-state index in [0.717, 1.165) is 24.2 Å². The van der Waals surface area contributed by atoms with E-state index in [1.54, 1.807) is 18.7 Å². The van der Waals surface area contributed by atoms with Crippen LogP contribution in [0.5, 0.6) is 0 Å². The SMILES string of the molecule is CN(C(=O)NCc1ccc(-n2ccnc2)nc1)C1CCCCC1. The van der Waals surface area contributed by atoms with Crippen LogP contribution in [0.15, 0.2) is 37.1 Å². The normalized spacial score (nSPS) is 15.3. The van der Waals surface area contributed by atoms with Crippen LogP contribution >= 0.6 is 0 Å². The molecule has 0 bridgehead atoms. The van der Waals surface area contributed by atoms with Gasteiger partial charge in [0.1, 0.15) is 12.1 Å². The Morgan fingerprint density at radius 2 is 2.17 bits per heavy atom. The van der Waals surface area contributed by atoms with Gasteiger partial charge in [0, 0.05) is 38.2 Å². The third-order valence-electron chi connectivity index (χ3n) is 4.46. The number of carbonyl (C=O) groups is 1. The maximum Gasteiger partial charge on any atom is 0.317 e. The predicted octanol–water partition coefficient (Wildman–Crippen LogP) is 2.74. The molecule has 2 heterocycles. The summed E-state index contributed by atoms with van der Waals surface area (Å²) in [7, 11) is 1.89. The van der Waals surface area contributed by atoms with Gasteiger partial charge in [0.05, 0.1) is 0 Å². The first-order valence-corrected chi connectivity index (χ1v) is 8.18.